The van der Waals surface area contributed by atoms with Crippen molar-refractivity contribution in [2.24, 2.45) is 0 Å². The van der Waals surface area contributed by atoms with E-state index in [1.54, 1.807) is 4.90 Å². The van der Waals surface area contributed by atoms with Crippen LogP contribution in [0.5, 0.6) is 0 Å². The van der Waals surface area contributed by atoms with E-state index in [0.29, 0.717) is 6.54 Å². The van der Waals surface area contributed by atoms with Crippen LogP contribution in [0.4, 0.5) is 14.5 Å². The second-order valence-electron chi connectivity index (χ2n) is 4.61. The summed E-state index contributed by atoms with van der Waals surface area (Å²) in [4.78, 5) is 24.2. The molecule has 0 radical (unpaired) electrons. The van der Waals surface area contributed by atoms with E-state index in [1.807, 2.05) is 0 Å². The smallest absolute Gasteiger partial charge is 0.334 e. The number of nitrogens with zero attached hydrogens (tertiary/aromatic N) is 1. The molecule has 1 heterocycles. The van der Waals surface area contributed by atoms with Crippen molar-refractivity contribution < 1.29 is 28.2 Å². The van der Waals surface area contributed by atoms with Gasteiger partial charge in [0, 0.05) is 19.2 Å². The van der Waals surface area contributed by atoms with E-state index in [9.17, 15) is 18.4 Å². The lowest BCUT2D eigenvalue weighted by atomic mass is 10.2. The van der Waals surface area contributed by atoms with Gasteiger partial charge < -0.3 is 15.2 Å². The number of ether oxygens (including phenoxy) is 1. The van der Waals surface area contributed by atoms with Crippen molar-refractivity contribution in [3.63, 3.8) is 0 Å². The third kappa shape index (κ3) is 4.20. The van der Waals surface area contributed by atoms with Crippen LogP contribution >= 0.6 is 0 Å². The van der Waals surface area contributed by atoms with Crippen molar-refractivity contribution in [1.29, 1.82) is 0 Å². The van der Waals surface area contributed by atoms with E-state index >= 15 is 0 Å². The fraction of sp³-hybridized carbons (Fsp3) is 0.385. The summed E-state index contributed by atoms with van der Waals surface area (Å²) in [5.41, 5.74) is -0.247. The Morgan fingerprint density at radius 3 is 2.90 bits per heavy atom. The number of morpholine rings is 1. The molecule has 2 N–H and O–H groups in total. The average molecular weight is 300 g/mol. The van der Waals surface area contributed by atoms with E-state index in [-0.39, 0.29) is 25.4 Å². The highest BCUT2D eigenvalue weighted by Crippen LogP contribution is 2.15. The molecule has 0 aliphatic carbocycles. The van der Waals surface area contributed by atoms with Gasteiger partial charge in [-0.1, -0.05) is 0 Å². The number of hydrogen-bond donors (Lipinski definition) is 2. The van der Waals surface area contributed by atoms with Crippen LogP contribution in [0.15, 0.2) is 18.2 Å². The van der Waals surface area contributed by atoms with Gasteiger partial charge in [0.15, 0.2) is 6.10 Å². The molecule has 1 fully saturated rings. The van der Waals surface area contributed by atoms with Crippen molar-refractivity contribution in [2.75, 3.05) is 31.6 Å². The molecule has 21 heavy (non-hydrogen) atoms. The number of carboxylic acid groups (broad SMARTS) is 1. The normalized spacial score (nSPS) is 19.2. The highest BCUT2D eigenvalue weighted by molar-refractivity contribution is 5.92. The molecule has 0 bridgehead atoms. The lowest BCUT2D eigenvalue weighted by molar-refractivity contribution is -0.156. The van der Waals surface area contributed by atoms with Crippen LogP contribution in [-0.2, 0) is 14.3 Å². The minimum absolute atomic E-state index is 0.0639. The first-order valence-corrected chi connectivity index (χ1v) is 6.27. The molecule has 1 aliphatic rings. The van der Waals surface area contributed by atoms with Crippen LogP contribution in [0.3, 0.4) is 0 Å². The zero-order chi connectivity index (χ0) is 15.4. The number of hydrogen-bond acceptors (Lipinski definition) is 4. The molecule has 0 saturated carbocycles. The minimum atomic E-state index is -1.10. The van der Waals surface area contributed by atoms with E-state index in [2.05, 4.69) is 5.32 Å². The van der Waals surface area contributed by atoms with Crippen LogP contribution in [0.1, 0.15) is 0 Å². The maximum absolute atomic E-state index is 13.4. The fourth-order valence-corrected chi connectivity index (χ4v) is 1.98. The van der Waals surface area contributed by atoms with Crippen molar-refractivity contribution >= 4 is 17.6 Å². The number of carbonyl (C=O) groups excluding carboxylic acids is 1. The number of aliphatic carboxylic acids is 1. The van der Waals surface area contributed by atoms with E-state index in [4.69, 9.17) is 9.84 Å². The topological polar surface area (TPSA) is 78.9 Å². The van der Waals surface area contributed by atoms with Crippen LogP contribution in [0.25, 0.3) is 0 Å². The molecule has 1 aliphatic heterocycles. The molecule has 2 rings (SSSR count). The van der Waals surface area contributed by atoms with Gasteiger partial charge in [-0.15, -0.1) is 0 Å². The third-order valence-corrected chi connectivity index (χ3v) is 3.00. The Bertz CT molecular complexity index is 553. The first-order chi connectivity index (χ1) is 9.95. The van der Waals surface area contributed by atoms with Crippen molar-refractivity contribution in [3.05, 3.63) is 29.8 Å². The summed E-state index contributed by atoms with van der Waals surface area (Å²) in [5, 5.41) is 11.1. The molecule has 0 aromatic heterocycles. The molecule has 8 heteroatoms. The predicted octanol–water partition coefficient (Wildman–Crippen LogP) is 0.689. The van der Waals surface area contributed by atoms with Gasteiger partial charge in [0.25, 0.3) is 0 Å². The van der Waals surface area contributed by atoms with Crippen LogP contribution in [-0.4, -0.2) is 54.2 Å². The Balaban J connectivity index is 1.92. The molecule has 0 spiro atoms. The summed E-state index contributed by atoms with van der Waals surface area (Å²) in [6.45, 7) is 0.527. The van der Waals surface area contributed by atoms with Crippen molar-refractivity contribution in [2.45, 2.75) is 6.10 Å². The average Bonchev–Trinajstić information content (AvgIpc) is 2.43. The lowest BCUT2D eigenvalue weighted by Gasteiger charge is -2.30. The zero-order valence-corrected chi connectivity index (χ0v) is 11.0. The second-order valence-corrected chi connectivity index (χ2v) is 4.61. The number of carboxylic acids is 1. The molecular formula is C13H14F2N2O4. The predicted molar refractivity (Wildman–Crippen MR) is 68.8 cm³/mol. The summed E-state index contributed by atoms with van der Waals surface area (Å²) in [7, 11) is 0. The lowest BCUT2D eigenvalue weighted by Crippen LogP contribution is -2.48. The van der Waals surface area contributed by atoms with Gasteiger partial charge in [0.1, 0.15) is 11.6 Å². The van der Waals surface area contributed by atoms with E-state index in [0.717, 1.165) is 18.2 Å². The summed E-state index contributed by atoms with van der Waals surface area (Å²) in [6, 6.07) is 2.75. The summed E-state index contributed by atoms with van der Waals surface area (Å²) in [6.07, 6.45) is -0.988. The van der Waals surface area contributed by atoms with Gasteiger partial charge in [0.05, 0.1) is 18.8 Å². The molecule has 1 unspecified atom stereocenters. The van der Waals surface area contributed by atoms with Crippen LogP contribution < -0.4 is 5.32 Å². The Kier molecular flexibility index (Phi) is 4.81. The largest absolute Gasteiger partial charge is 0.479 e. The molecule has 6 nitrogen and oxygen atoms in total. The standard InChI is InChI=1S/C13H14F2N2O4/c14-8-1-2-9(15)10(5-8)16-12(18)7-17-3-4-21-11(6-17)13(19)20/h1-2,5,11H,3-4,6-7H2,(H,16,18)(H,19,20). The molecular weight excluding hydrogens is 286 g/mol. The number of halogens is 2. The fourth-order valence-electron chi connectivity index (χ4n) is 1.98. The van der Waals surface area contributed by atoms with E-state index < -0.39 is 29.6 Å². The summed E-state index contributed by atoms with van der Waals surface area (Å²) < 4.78 is 31.4. The summed E-state index contributed by atoms with van der Waals surface area (Å²) >= 11 is 0. The van der Waals surface area contributed by atoms with Gasteiger partial charge in [-0.05, 0) is 12.1 Å². The molecule has 114 valence electrons. The Morgan fingerprint density at radius 1 is 1.43 bits per heavy atom. The Morgan fingerprint density at radius 2 is 2.19 bits per heavy atom. The maximum Gasteiger partial charge on any atom is 0.334 e. The SMILES string of the molecule is O=C(CN1CCOC(C(=O)O)C1)Nc1cc(F)ccc1F. The number of anilines is 1. The molecule has 1 amide bonds. The first kappa shape index (κ1) is 15.3. The van der Waals surface area contributed by atoms with Gasteiger partial charge in [-0.2, -0.15) is 0 Å². The Hall–Kier alpha value is -2.06. The van der Waals surface area contributed by atoms with E-state index in [1.165, 1.54) is 0 Å². The first-order valence-electron chi connectivity index (χ1n) is 6.27. The number of nitrogens with one attached hydrogen (secondary N) is 1. The second kappa shape index (κ2) is 6.59. The monoisotopic (exact) mass is 300 g/mol. The van der Waals surface area contributed by atoms with Gasteiger partial charge >= 0.3 is 5.97 Å². The zero-order valence-electron chi connectivity index (χ0n) is 11.0. The van der Waals surface area contributed by atoms with Crippen molar-refractivity contribution in [3.8, 4) is 0 Å². The highest BCUT2D eigenvalue weighted by Gasteiger charge is 2.27. The van der Waals surface area contributed by atoms with Gasteiger partial charge in [0.2, 0.25) is 5.91 Å². The number of carbonyl (C=O) groups is 2. The number of amides is 1. The minimum Gasteiger partial charge on any atom is -0.479 e. The number of rotatable bonds is 4. The molecule has 1 atom stereocenters. The quantitative estimate of drug-likeness (QED) is 0.855. The molecule has 1 aromatic rings. The van der Waals surface area contributed by atoms with Gasteiger partial charge in [-0.25, -0.2) is 13.6 Å². The number of benzene rings is 1. The van der Waals surface area contributed by atoms with Crippen LogP contribution in [0, 0.1) is 11.6 Å². The van der Waals surface area contributed by atoms with Crippen molar-refractivity contribution in [1.82, 2.24) is 4.90 Å². The maximum atomic E-state index is 13.4. The highest BCUT2D eigenvalue weighted by atomic mass is 19.1. The van der Waals surface area contributed by atoms with Gasteiger partial charge in [-0.3, -0.25) is 9.69 Å². The Labute approximate surface area is 119 Å². The molecule has 1 saturated heterocycles. The summed E-state index contributed by atoms with van der Waals surface area (Å²) in [5.74, 6) is -3.05. The van der Waals surface area contributed by atoms with Crippen LogP contribution in [0.2, 0.25) is 0 Å². The molecule has 1 aromatic carbocycles. The third-order valence-electron chi connectivity index (χ3n) is 3.00.